The number of unbranched alkanes of at least 4 members (excludes halogenated alkanes) is 2. The number of benzene rings is 1. The highest BCUT2D eigenvalue weighted by atomic mass is 16.5. The second-order valence-corrected chi connectivity index (χ2v) is 6.45. The summed E-state index contributed by atoms with van der Waals surface area (Å²) in [6.45, 7) is 4.88. The molecule has 0 spiro atoms. The van der Waals surface area contributed by atoms with Gasteiger partial charge in [-0.05, 0) is 55.4 Å². The van der Waals surface area contributed by atoms with Crippen LogP contribution in [0.1, 0.15) is 75.0 Å². The van der Waals surface area contributed by atoms with Crippen LogP contribution in [0.15, 0.2) is 12.1 Å². The molecule has 0 unspecified atom stereocenters. The maximum absolute atomic E-state index is 10.2. The van der Waals surface area contributed by atoms with Crippen molar-refractivity contribution in [3.63, 3.8) is 0 Å². The minimum Gasteiger partial charge on any atom is -0.507 e. The number of aromatic hydroxyl groups is 1. The molecule has 118 valence electrons. The molecule has 1 fully saturated rings. The van der Waals surface area contributed by atoms with E-state index in [9.17, 15) is 5.11 Å². The fourth-order valence-electron chi connectivity index (χ4n) is 3.22. The third kappa shape index (κ3) is 5.03. The van der Waals surface area contributed by atoms with Crippen molar-refractivity contribution in [3.8, 4) is 5.75 Å². The Morgan fingerprint density at radius 1 is 1.14 bits per heavy atom. The Balaban J connectivity index is 1.95. The second kappa shape index (κ2) is 8.43. The van der Waals surface area contributed by atoms with Crippen LogP contribution in [0.25, 0.3) is 0 Å². The molecule has 0 radical (unpaired) electrons. The fourth-order valence-corrected chi connectivity index (χ4v) is 3.22. The smallest absolute Gasteiger partial charge is 0.121 e. The highest BCUT2D eigenvalue weighted by Crippen LogP contribution is 2.27. The highest BCUT2D eigenvalue weighted by molar-refractivity contribution is 5.43. The summed E-state index contributed by atoms with van der Waals surface area (Å²) in [5, 5.41) is 10.2. The van der Waals surface area contributed by atoms with Crippen molar-refractivity contribution >= 4 is 0 Å². The zero-order valence-corrected chi connectivity index (χ0v) is 13.7. The molecule has 0 atom stereocenters. The summed E-state index contributed by atoms with van der Waals surface area (Å²) >= 11 is 0. The predicted molar refractivity (Wildman–Crippen MR) is 87.7 cm³/mol. The summed E-state index contributed by atoms with van der Waals surface area (Å²) in [7, 11) is 0. The molecule has 0 amide bonds. The van der Waals surface area contributed by atoms with Gasteiger partial charge in [0.1, 0.15) is 5.75 Å². The maximum Gasteiger partial charge on any atom is 0.121 e. The lowest BCUT2D eigenvalue weighted by Crippen LogP contribution is -2.16. The van der Waals surface area contributed by atoms with Crippen LogP contribution in [0.3, 0.4) is 0 Å². The van der Waals surface area contributed by atoms with Gasteiger partial charge in [-0.1, -0.05) is 45.1 Å². The molecule has 2 heteroatoms. The van der Waals surface area contributed by atoms with E-state index in [-0.39, 0.29) is 0 Å². The van der Waals surface area contributed by atoms with Gasteiger partial charge in [0, 0.05) is 0 Å². The van der Waals surface area contributed by atoms with Gasteiger partial charge >= 0.3 is 0 Å². The van der Waals surface area contributed by atoms with Gasteiger partial charge in [0.15, 0.2) is 0 Å². The second-order valence-electron chi connectivity index (χ2n) is 6.45. The molecule has 1 N–H and O–H groups in total. The van der Waals surface area contributed by atoms with Crippen LogP contribution in [-0.4, -0.2) is 11.2 Å². The zero-order valence-electron chi connectivity index (χ0n) is 13.7. The topological polar surface area (TPSA) is 29.5 Å². The summed E-state index contributed by atoms with van der Waals surface area (Å²) in [4.78, 5) is 0. The standard InChI is InChI=1S/C19H30O2/c1-3-4-6-9-17-13-16(12-15(2)19(17)20)14-21-18-10-7-5-8-11-18/h12-13,18,20H,3-11,14H2,1-2H3. The molecule has 1 aromatic carbocycles. The third-order valence-corrected chi connectivity index (χ3v) is 4.53. The molecule has 1 aliphatic rings. The van der Waals surface area contributed by atoms with Crippen molar-refractivity contribution in [2.75, 3.05) is 0 Å². The Hall–Kier alpha value is -1.02. The number of hydrogen-bond acceptors (Lipinski definition) is 2. The first-order valence-corrected chi connectivity index (χ1v) is 8.63. The van der Waals surface area contributed by atoms with E-state index in [4.69, 9.17) is 4.74 Å². The van der Waals surface area contributed by atoms with E-state index in [2.05, 4.69) is 19.1 Å². The van der Waals surface area contributed by atoms with E-state index in [1.54, 1.807) is 0 Å². The van der Waals surface area contributed by atoms with Crippen molar-refractivity contribution in [2.24, 2.45) is 0 Å². The van der Waals surface area contributed by atoms with Crippen molar-refractivity contribution in [1.82, 2.24) is 0 Å². The van der Waals surface area contributed by atoms with E-state index in [1.165, 1.54) is 50.5 Å². The number of phenolic OH excluding ortho intramolecular Hbond substituents is 1. The van der Waals surface area contributed by atoms with E-state index < -0.39 is 0 Å². The highest BCUT2D eigenvalue weighted by Gasteiger charge is 2.14. The number of rotatable bonds is 7. The van der Waals surface area contributed by atoms with Gasteiger partial charge in [-0.2, -0.15) is 0 Å². The third-order valence-electron chi connectivity index (χ3n) is 4.53. The van der Waals surface area contributed by atoms with E-state index in [1.807, 2.05) is 6.92 Å². The summed E-state index contributed by atoms with van der Waals surface area (Å²) in [6, 6.07) is 4.21. The average Bonchev–Trinajstić information content (AvgIpc) is 2.51. The molecule has 1 saturated carbocycles. The van der Waals surface area contributed by atoms with Crippen LogP contribution in [0.4, 0.5) is 0 Å². The molecule has 0 saturated heterocycles. The monoisotopic (exact) mass is 290 g/mol. The van der Waals surface area contributed by atoms with Gasteiger partial charge in [0.05, 0.1) is 12.7 Å². The van der Waals surface area contributed by atoms with Crippen LogP contribution >= 0.6 is 0 Å². The summed E-state index contributed by atoms with van der Waals surface area (Å²) in [6.07, 6.45) is 11.4. The summed E-state index contributed by atoms with van der Waals surface area (Å²) in [5.41, 5.74) is 3.28. The quantitative estimate of drug-likeness (QED) is 0.692. The van der Waals surface area contributed by atoms with Crippen LogP contribution in [-0.2, 0) is 17.8 Å². The zero-order chi connectivity index (χ0) is 15.1. The molecule has 21 heavy (non-hydrogen) atoms. The average molecular weight is 290 g/mol. The van der Waals surface area contributed by atoms with Crippen LogP contribution < -0.4 is 0 Å². The Kier molecular flexibility index (Phi) is 6.56. The van der Waals surface area contributed by atoms with Crippen molar-refractivity contribution in [3.05, 3.63) is 28.8 Å². The summed E-state index contributed by atoms with van der Waals surface area (Å²) < 4.78 is 6.06. The van der Waals surface area contributed by atoms with Crippen molar-refractivity contribution in [2.45, 2.75) is 84.3 Å². The van der Waals surface area contributed by atoms with E-state index in [0.29, 0.717) is 18.5 Å². The van der Waals surface area contributed by atoms with E-state index in [0.717, 1.165) is 24.0 Å². The summed E-state index contributed by atoms with van der Waals surface area (Å²) in [5.74, 6) is 0.479. The molecule has 0 bridgehead atoms. The molecule has 0 heterocycles. The first kappa shape index (κ1) is 16.4. The molecule has 0 aliphatic heterocycles. The SMILES string of the molecule is CCCCCc1cc(COC2CCCCC2)cc(C)c1O. The molecule has 2 nitrogen and oxygen atoms in total. The normalized spacial score (nSPS) is 16.3. The van der Waals surface area contributed by atoms with Gasteiger partial charge in [-0.15, -0.1) is 0 Å². The Labute approximate surface area is 129 Å². The molecular formula is C19H30O2. The number of phenols is 1. The van der Waals surface area contributed by atoms with Gasteiger partial charge in [-0.3, -0.25) is 0 Å². The Morgan fingerprint density at radius 3 is 2.62 bits per heavy atom. The van der Waals surface area contributed by atoms with Gasteiger partial charge in [0.2, 0.25) is 0 Å². The Morgan fingerprint density at radius 2 is 1.90 bits per heavy atom. The Bertz CT molecular complexity index is 433. The molecular weight excluding hydrogens is 260 g/mol. The van der Waals surface area contributed by atoms with Crippen molar-refractivity contribution in [1.29, 1.82) is 0 Å². The minimum atomic E-state index is 0.441. The van der Waals surface area contributed by atoms with Crippen molar-refractivity contribution < 1.29 is 9.84 Å². The predicted octanol–water partition coefficient (Wildman–Crippen LogP) is 5.28. The molecule has 2 rings (SSSR count). The fraction of sp³-hybridized carbons (Fsp3) is 0.684. The van der Waals surface area contributed by atoms with Gasteiger partial charge < -0.3 is 9.84 Å². The molecule has 1 aliphatic carbocycles. The largest absolute Gasteiger partial charge is 0.507 e. The number of hydrogen-bond donors (Lipinski definition) is 1. The maximum atomic E-state index is 10.2. The van der Waals surface area contributed by atoms with E-state index >= 15 is 0 Å². The van der Waals surface area contributed by atoms with Crippen LogP contribution in [0.2, 0.25) is 0 Å². The van der Waals surface area contributed by atoms with Crippen LogP contribution in [0, 0.1) is 6.92 Å². The lowest BCUT2D eigenvalue weighted by Gasteiger charge is -2.22. The minimum absolute atomic E-state index is 0.441. The number of ether oxygens (including phenoxy) is 1. The van der Waals surface area contributed by atoms with Gasteiger partial charge in [-0.25, -0.2) is 0 Å². The first-order valence-electron chi connectivity index (χ1n) is 8.63. The molecule has 0 aromatic heterocycles. The lowest BCUT2D eigenvalue weighted by atomic mass is 9.97. The first-order chi connectivity index (χ1) is 10.2. The van der Waals surface area contributed by atoms with Crippen LogP contribution in [0.5, 0.6) is 5.75 Å². The molecule has 1 aromatic rings. The van der Waals surface area contributed by atoms with Gasteiger partial charge in [0.25, 0.3) is 0 Å². The number of aryl methyl sites for hydroxylation is 2. The lowest BCUT2D eigenvalue weighted by molar-refractivity contribution is 0.0168.